The summed E-state index contributed by atoms with van der Waals surface area (Å²) in [6.45, 7) is 1.24. The Morgan fingerprint density at radius 2 is 2.20 bits per heavy atom. The van der Waals surface area contributed by atoms with Crippen molar-refractivity contribution in [3.63, 3.8) is 0 Å². The number of rotatable bonds is 4. The summed E-state index contributed by atoms with van der Waals surface area (Å²) < 4.78 is 5.70. The first-order valence-electron chi connectivity index (χ1n) is 8.26. The number of thioether (sulfide) groups is 1. The van der Waals surface area contributed by atoms with Crippen LogP contribution >= 0.6 is 11.8 Å². The highest BCUT2D eigenvalue weighted by molar-refractivity contribution is 7.98. The smallest absolute Gasteiger partial charge is 0.289 e. The van der Waals surface area contributed by atoms with Gasteiger partial charge in [0.15, 0.2) is 10.9 Å². The molecular weight excluding hydrogens is 340 g/mol. The molecule has 2 atom stereocenters. The number of nitrogens with one attached hydrogen (secondary N) is 1. The number of likely N-dealkylation sites (tertiary alicyclic amines) is 1. The van der Waals surface area contributed by atoms with Gasteiger partial charge in [0.05, 0.1) is 5.75 Å². The maximum Gasteiger partial charge on any atom is 0.289 e. The molecule has 2 aromatic rings. The number of furan rings is 1. The molecule has 0 unspecified atom stereocenters. The molecule has 2 aromatic heterocycles. The highest BCUT2D eigenvalue weighted by Crippen LogP contribution is 2.27. The molecular formula is C17H18N4O3S. The lowest BCUT2D eigenvalue weighted by molar-refractivity contribution is -0.119. The predicted molar refractivity (Wildman–Crippen MR) is 90.9 cm³/mol. The minimum Gasteiger partial charge on any atom is -0.455 e. The highest BCUT2D eigenvalue weighted by Gasteiger charge is 2.38. The zero-order valence-electron chi connectivity index (χ0n) is 13.6. The normalized spacial score (nSPS) is 22.6. The van der Waals surface area contributed by atoms with Gasteiger partial charge in [-0.2, -0.15) is 0 Å². The van der Waals surface area contributed by atoms with E-state index in [4.69, 9.17) is 4.42 Å². The maximum absolute atomic E-state index is 12.7. The van der Waals surface area contributed by atoms with Gasteiger partial charge >= 0.3 is 0 Å². The molecule has 2 aliphatic heterocycles. The molecule has 8 heteroatoms. The second kappa shape index (κ2) is 6.87. The van der Waals surface area contributed by atoms with E-state index in [2.05, 4.69) is 15.3 Å². The van der Waals surface area contributed by atoms with Gasteiger partial charge in [-0.3, -0.25) is 9.59 Å². The van der Waals surface area contributed by atoms with E-state index in [1.54, 1.807) is 29.4 Å². The number of hydrogen-bond donors (Lipinski definition) is 1. The summed E-state index contributed by atoms with van der Waals surface area (Å²) in [5.41, 5.74) is 0. The number of aromatic nitrogens is 2. The molecule has 0 spiro atoms. The summed E-state index contributed by atoms with van der Waals surface area (Å²) in [5.74, 6) is 1.83. The Labute approximate surface area is 149 Å². The lowest BCUT2D eigenvalue weighted by atomic mass is 9.93. The second-order valence-electron chi connectivity index (χ2n) is 6.26. The van der Waals surface area contributed by atoms with Crippen molar-refractivity contribution in [3.8, 4) is 0 Å². The molecule has 4 rings (SSSR count). The number of piperidine rings is 1. The van der Waals surface area contributed by atoms with Crippen LogP contribution in [-0.2, 0) is 10.5 Å². The molecule has 2 amide bonds. The Balaban J connectivity index is 1.36. The van der Waals surface area contributed by atoms with E-state index in [0.29, 0.717) is 41.9 Å². The quantitative estimate of drug-likeness (QED) is 0.661. The van der Waals surface area contributed by atoms with Crippen molar-refractivity contribution in [2.75, 3.05) is 13.1 Å². The van der Waals surface area contributed by atoms with E-state index in [9.17, 15) is 9.59 Å². The molecule has 7 nitrogen and oxygen atoms in total. The SMILES string of the molecule is O=C1C[C@@H]2CN(C(=O)c3ccc(CSc4ncccn4)o3)CC[C@@H]2N1. The number of carbonyl (C=O) groups is 2. The Bertz CT molecular complexity index is 779. The zero-order valence-corrected chi connectivity index (χ0v) is 14.4. The van der Waals surface area contributed by atoms with Crippen LogP contribution in [0.3, 0.4) is 0 Å². The molecule has 0 radical (unpaired) electrons. The molecule has 0 aliphatic carbocycles. The van der Waals surface area contributed by atoms with Crippen LogP contribution in [0, 0.1) is 5.92 Å². The monoisotopic (exact) mass is 358 g/mol. The molecule has 0 aromatic carbocycles. The fourth-order valence-corrected chi connectivity index (χ4v) is 4.04. The van der Waals surface area contributed by atoms with E-state index in [-0.39, 0.29) is 23.8 Å². The van der Waals surface area contributed by atoms with Crippen molar-refractivity contribution in [1.29, 1.82) is 0 Å². The van der Waals surface area contributed by atoms with E-state index in [1.165, 1.54) is 11.8 Å². The van der Waals surface area contributed by atoms with Crippen LogP contribution in [-0.4, -0.2) is 45.8 Å². The van der Waals surface area contributed by atoms with Gasteiger partial charge in [0.2, 0.25) is 5.91 Å². The summed E-state index contributed by atoms with van der Waals surface area (Å²) in [6, 6.07) is 5.51. The largest absolute Gasteiger partial charge is 0.455 e. The molecule has 4 heterocycles. The predicted octanol–water partition coefficient (Wildman–Crippen LogP) is 1.71. The third kappa shape index (κ3) is 3.53. The minimum atomic E-state index is -0.106. The Morgan fingerprint density at radius 1 is 1.36 bits per heavy atom. The maximum atomic E-state index is 12.7. The van der Waals surface area contributed by atoms with Gasteiger partial charge in [-0.25, -0.2) is 9.97 Å². The molecule has 2 aliphatic rings. The molecule has 130 valence electrons. The first-order valence-corrected chi connectivity index (χ1v) is 9.25. The van der Waals surface area contributed by atoms with Crippen LogP contribution in [0.4, 0.5) is 0 Å². The van der Waals surface area contributed by atoms with Crippen LogP contribution in [0.25, 0.3) is 0 Å². The van der Waals surface area contributed by atoms with Crippen LogP contribution in [0.15, 0.2) is 40.2 Å². The molecule has 2 fully saturated rings. The lowest BCUT2D eigenvalue weighted by Crippen LogP contribution is -2.47. The Kier molecular flexibility index (Phi) is 4.44. The number of amides is 2. The third-order valence-electron chi connectivity index (χ3n) is 4.57. The van der Waals surface area contributed by atoms with E-state index >= 15 is 0 Å². The van der Waals surface area contributed by atoms with Crippen LogP contribution in [0.2, 0.25) is 0 Å². The van der Waals surface area contributed by atoms with Gasteiger partial charge in [0, 0.05) is 43.9 Å². The fourth-order valence-electron chi connectivity index (χ4n) is 3.34. The average molecular weight is 358 g/mol. The van der Waals surface area contributed by atoms with E-state index in [1.807, 2.05) is 6.07 Å². The van der Waals surface area contributed by atoms with Crippen molar-refractivity contribution < 1.29 is 14.0 Å². The average Bonchev–Trinajstić information content (AvgIpc) is 3.25. The fraction of sp³-hybridized carbons (Fsp3) is 0.412. The zero-order chi connectivity index (χ0) is 17.2. The molecule has 0 bridgehead atoms. The van der Waals surface area contributed by atoms with Gasteiger partial charge in [0.1, 0.15) is 5.76 Å². The second-order valence-corrected chi connectivity index (χ2v) is 7.21. The Morgan fingerprint density at radius 3 is 3.04 bits per heavy atom. The van der Waals surface area contributed by atoms with Crippen molar-refractivity contribution in [2.45, 2.75) is 29.8 Å². The van der Waals surface area contributed by atoms with Crippen molar-refractivity contribution in [2.24, 2.45) is 5.92 Å². The lowest BCUT2D eigenvalue weighted by Gasteiger charge is -2.33. The summed E-state index contributed by atoms with van der Waals surface area (Å²) >= 11 is 1.46. The number of nitrogens with zero attached hydrogens (tertiary/aromatic N) is 3. The number of hydrogen-bond acceptors (Lipinski definition) is 6. The summed E-state index contributed by atoms with van der Waals surface area (Å²) in [6.07, 6.45) is 4.69. The van der Waals surface area contributed by atoms with Crippen LogP contribution in [0.5, 0.6) is 0 Å². The van der Waals surface area contributed by atoms with Gasteiger partial charge in [-0.1, -0.05) is 11.8 Å². The first kappa shape index (κ1) is 16.1. The van der Waals surface area contributed by atoms with Gasteiger partial charge in [-0.05, 0) is 24.6 Å². The van der Waals surface area contributed by atoms with Gasteiger partial charge in [-0.15, -0.1) is 0 Å². The van der Waals surface area contributed by atoms with Crippen LogP contribution in [0.1, 0.15) is 29.2 Å². The van der Waals surface area contributed by atoms with Crippen molar-refractivity contribution in [1.82, 2.24) is 20.2 Å². The summed E-state index contributed by atoms with van der Waals surface area (Å²) in [7, 11) is 0. The van der Waals surface area contributed by atoms with Crippen LogP contribution < -0.4 is 5.32 Å². The summed E-state index contributed by atoms with van der Waals surface area (Å²) in [5, 5.41) is 3.65. The molecule has 2 saturated heterocycles. The topological polar surface area (TPSA) is 88.3 Å². The molecule has 1 N–H and O–H groups in total. The molecule has 25 heavy (non-hydrogen) atoms. The third-order valence-corrected chi connectivity index (χ3v) is 5.47. The first-order chi connectivity index (χ1) is 12.2. The van der Waals surface area contributed by atoms with Crippen molar-refractivity contribution in [3.05, 3.63) is 42.1 Å². The standard InChI is InChI=1S/C17H18N4O3S/c22-15-8-11-9-21(7-4-13(11)20-15)16(23)14-3-2-12(24-14)10-25-17-18-5-1-6-19-17/h1-3,5-6,11,13H,4,7-10H2,(H,20,22)/t11-,13+/m1/s1. The van der Waals surface area contributed by atoms with Gasteiger partial charge < -0.3 is 14.6 Å². The minimum absolute atomic E-state index is 0.0877. The highest BCUT2D eigenvalue weighted by atomic mass is 32.2. The van der Waals surface area contributed by atoms with Gasteiger partial charge in [0.25, 0.3) is 5.91 Å². The Hall–Kier alpha value is -2.35. The van der Waals surface area contributed by atoms with E-state index in [0.717, 1.165) is 6.42 Å². The van der Waals surface area contributed by atoms with E-state index < -0.39 is 0 Å². The summed E-state index contributed by atoms with van der Waals surface area (Å²) in [4.78, 5) is 34.2. The van der Waals surface area contributed by atoms with Crippen molar-refractivity contribution >= 4 is 23.6 Å². The number of carbonyl (C=O) groups excluding carboxylic acids is 2. The number of fused-ring (bicyclic) bond motifs is 1. The molecule has 0 saturated carbocycles.